The third-order valence-electron chi connectivity index (χ3n) is 3.66. The van der Waals surface area contributed by atoms with Crippen molar-refractivity contribution in [1.82, 2.24) is 0 Å². The van der Waals surface area contributed by atoms with E-state index in [1.165, 1.54) is 26.4 Å². The molecule has 0 unspecified atom stereocenters. The lowest BCUT2D eigenvalue weighted by molar-refractivity contribution is 0.0600. The Bertz CT molecular complexity index is 875. The molecule has 0 saturated heterocycles. The molecule has 2 aromatic carbocycles. The van der Waals surface area contributed by atoms with Gasteiger partial charge in [-0.2, -0.15) is 0 Å². The van der Waals surface area contributed by atoms with Gasteiger partial charge in [0.05, 0.1) is 30.4 Å². The molecule has 7 heteroatoms. The first-order valence-corrected chi connectivity index (χ1v) is 8.64. The predicted octanol–water partition coefficient (Wildman–Crippen LogP) is 2.90. The molecule has 6 nitrogen and oxygen atoms in total. The quantitative estimate of drug-likeness (QED) is 0.840. The van der Waals surface area contributed by atoms with E-state index in [1.807, 2.05) is 0 Å². The molecule has 1 N–H and O–H groups in total. The maximum Gasteiger partial charge on any atom is 0.338 e. The largest absolute Gasteiger partial charge is 0.496 e. The van der Waals surface area contributed by atoms with Crippen LogP contribution in [0.2, 0.25) is 0 Å². The molecule has 0 spiro atoms. The van der Waals surface area contributed by atoms with Crippen LogP contribution in [0, 0.1) is 13.8 Å². The zero-order chi connectivity index (χ0) is 17.9. The highest BCUT2D eigenvalue weighted by atomic mass is 32.2. The van der Waals surface area contributed by atoms with E-state index in [4.69, 9.17) is 9.47 Å². The number of hydrogen-bond acceptors (Lipinski definition) is 5. The van der Waals surface area contributed by atoms with Gasteiger partial charge in [0.15, 0.2) is 0 Å². The lowest BCUT2D eigenvalue weighted by Crippen LogP contribution is -2.15. The first kappa shape index (κ1) is 17.8. The van der Waals surface area contributed by atoms with Gasteiger partial charge >= 0.3 is 5.97 Å². The Hall–Kier alpha value is -2.54. The number of nitrogens with one attached hydrogen (secondary N) is 1. The van der Waals surface area contributed by atoms with Crippen LogP contribution in [0.5, 0.6) is 5.75 Å². The van der Waals surface area contributed by atoms with Crippen molar-refractivity contribution in [3.63, 3.8) is 0 Å². The van der Waals surface area contributed by atoms with Crippen LogP contribution in [0.4, 0.5) is 5.69 Å². The van der Waals surface area contributed by atoms with Gasteiger partial charge in [0, 0.05) is 0 Å². The molecule has 128 valence electrons. The Kier molecular flexibility index (Phi) is 5.14. The van der Waals surface area contributed by atoms with Crippen molar-refractivity contribution in [3.8, 4) is 5.75 Å². The van der Waals surface area contributed by atoms with Crippen LogP contribution < -0.4 is 9.46 Å². The molecule has 0 atom stereocenters. The number of esters is 1. The number of methoxy groups -OCH3 is 2. The molecule has 0 aliphatic carbocycles. The number of aryl methyl sites for hydroxylation is 1. The predicted molar refractivity (Wildman–Crippen MR) is 91.1 cm³/mol. The molecule has 2 rings (SSSR count). The molecule has 0 radical (unpaired) electrons. The van der Waals surface area contributed by atoms with E-state index in [-0.39, 0.29) is 4.90 Å². The second-order valence-electron chi connectivity index (χ2n) is 5.21. The van der Waals surface area contributed by atoms with E-state index >= 15 is 0 Å². The summed E-state index contributed by atoms with van der Waals surface area (Å²) in [5.41, 5.74) is 1.84. The topological polar surface area (TPSA) is 81.7 Å². The van der Waals surface area contributed by atoms with Crippen LogP contribution >= 0.6 is 0 Å². The van der Waals surface area contributed by atoms with Crippen molar-refractivity contribution in [2.24, 2.45) is 0 Å². The molecule has 0 aromatic heterocycles. The van der Waals surface area contributed by atoms with E-state index in [0.29, 0.717) is 28.1 Å². The fraction of sp³-hybridized carbons (Fsp3) is 0.235. The summed E-state index contributed by atoms with van der Waals surface area (Å²) in [4.78, 5) is 11.8. The molecule has 24 heavy (non-hydrogen) atoms. The Balaban J connectivity index is 2.40. The summed E-state index contributed by atoms with van der Waals surface area (Å²) in [5, 5.41) is 0. The minimum atomic E-state index is -3.79. The van der Waals surface area contributed by atoms with Gasteiger partial charge < -0.3 is 9.47 Å². The zero-order valence-corrected chi connectivity index (χ0v) is 14.7. The van der Waals surface area contributed by atoms with Crippen molar-refractivity contribution >= 4 is 21.7 Å². The van der Waals surface area contributed by atoms with Gasteiger partial charge in [-0.1, -0.05) is 6.07 Å². The molecule has 0 aliphatic rings. The van der Waals surface area contributed by atoms with Gasteiger partial charge in [-0.3, -0.25) is 4.72 Å². The number of carbonyl (C=O) groups excluding carboxylic acids is 1. The Labute approximate surface area is 141 Å². The van der Waals surface area contributed by atoms with Crippen molar-refractivity contribution < 1.29 is 22.7 Å². The van der Waals surface area contributed by atoms with Crippen LogP contribution in [-0.4, -0.2) is 28.6 Å². The number of benzene rings is 2. The first-order valence-electron chi connectivity index (χ1n) is 7.15. The SMILES string of the molecule is COC(=O)c1cccc(NS(=O)(=O)c2ccc(OC)c(C)c2)c1C. The number of hydrogen-bond donors (Lipinski definition) is 1. The molecule has 0 aliphatic heterocycles. The Morgan fingerprint density at radius 1 is 1.08 bits per heavy atom. The van der Waals surface area contributed by atoms with E-state index in [9.17, 15) is 13.2 Å². The average Bonchev–Trinajstić information content (AvgIpc) is 2.55. The van der Waals surface area contributed by atoms with E-state index in [1.54, 1.807) is 38.1 Å². The normalized spacial score (nSPS) is 11.0. The minimum absolute atomic E-state index is 0.115. The van der Waals surface area contributed by atoms with Crippen LogP contribution in [0.15, 0.2) is 41.3 Å². The number of carbonyl (C=O) groups is 1. The van der Waals surface area contributed by atoms with Crippen molar-refractivity contribution in [3.05, 3.63) is 53.1 Å². The second kappa shape index (κ2) is 6.92. The highest BCUT2D eigenvalue weighted by molar-refractivity contribution is 7.92. The third kappa shape index (κ3) is 3.51. The Morgan fingerprint density at radius 3 is 2.38 bits per heavy atom. The van der Waals surface area contributed by atoms with Gasteiger partial charge in [0.2, 0.25) is 0 Å². The number of anilines is 1. The van der Waals surface area contributed by atoms with E-state index in [2.05, 4.69) is 4.72 Å². The van der Waals surface area contributed by atoms with Crippen molar-refractivity contribution in [2.45, 2.75) is 18.7 Å². The summed E-state index contributed by atoms with van der Waals surface area (Å²) >= 11 is 0. The number of sulfonamides is 1. The lowest BCUT2D eigenvalue weighted by Gasteiger charge is -2.14. The van der Waals surface area contributed by atoms with Gasteiger partial charge in [-0.25, -0.2) is 13.2 Å². The highest BCUT2D eigenvalue weighted by Gasteiger charge is 2.19. The fourth-order valence-electron chi connectivity index (χ4n) is 2.30. The van der Waals surface area contributed by atoms with Gasteiger partial charge in [-0.15, -0.1) is 0 Å². The smallest absolute Gasteiger partial charge is 0.338 e. The summed E-state index contributed by atoms with van der Waals surface area (Å²) in [6, 6.07) is 9.36. The molecule has 0 bridgehead atoms. The van der Waals surface area contributed by atoms with Gasteiger partial charge in [0.25, 0.3) is 10.0 Å². The highest BCUT2D eigenvalue weighted by Crippen LogP contribution is 2.25. The van der Waals surface area contributed by atoms with Gasteiger partial charge in [0.1, 0.15) is 5.75 Å². The molecule has 0 amide bonds. The molecule has 0 saturated carbocycles. The number of ether oxygens (including phenoxy) is 2. The molecular weight excluding hydrogens is 330 g/mol. The third-order valence-corrected chi connectivity index (χ3v) is 5.02. The van der Waals surface area contributed by atoms with Gasteiger partial charge in [-0.05, 0) is 55.3 Å². The summed E-state index contributed by atoms with van der Waals surface area (Å²) in [6.45, 7) is 3.42. The minimum Gasteiger partial charge on any atom is -0.496 e. The summed E-state index contributed by atoms with van der Waals surface area (Å²) < 4.78 is 37.5. The molecule has 2 aromatic rings. The molecular formula is C17H19NO5S. The summed E-state index contributed by atoms with van der Waals surface area (Å²) in [7, 11) is -0.989. The molecule has 0 fully saturated rings. The lowest BCUT2D eigenvalue weighted by atomic mass is 10.1. The van der Waals surface area contributed by atoms with Crippen molar-refractivity contribution in [2.75, 3.05) is 18.9 Å². The summed E-state index contributed by atoms with van der Waals surface area (Å²) in [6.07, 6.45) is 0. The first-order chi connectivity index (χ1) is 11.3. The monoisotopic (exact) mass is 349 g/mol. The maximum absolute atomic E-state index is 12.6. The fourth-order valence-corrected chi connectivity index (χ4v) is 3.51. The average molecular weight is 349 g/mol. The van der Waals surface area contributed by atoms with Crippen LogP contribution in [0.1, 0.15) is 21.5 Å². The zero-order valence-electron chi connectivity index (χ0n) is 13.9. The standard InChI is InChI=1S/C17H19NO5S/c1-11-10-13(8-9-16(11)22-3)24(20,21)18-15-7-5-6-14(12(15)2)17(19)23-4/h5-10,18H,1-4H3. The van der Waals surface area contributed by atoms with Crippen LogP contribution in [0.3, 0.4) is 0 Å². The van der Waals surface area contributed by atoms with Crippen molar-refractivity contribution in [1.29, 1.82) is 0 Å². The Morgan fingerprint density at radius 2 is 1.79 bits per heavy atom. The number of rotatable bonds is 5. The maximum atomic E-state index is 12.6. The van der Waals surface area contributed by atoms with Crippen LogP contribution in [-0.2, 0) is 14.8 Å². The molecule has 0 heterocycles. The van der Waals surface area contributed by atoms with Crippen LogP contribution in [0.25, 0.3) is 0 Å². The second-order valence-corrected chi connectivity index (χ2v) is 6.89. The summed E-state index contributed by atoms with van der Waals surface area (Å²) in [5.74, 6) is 0.0895. The van der Waals surface area contributed by atoms with E-state index in [0.717, 1.165) is 0 Å². The van der Waals surface area contributed by atoms with E-state index < -0.39 is 16.0 Å².